The molecule has 0 bridgehead atoms. The van der Waals surface area contributed by atoms with Gasteiger partial charge in [0.15, 0.2) is 6.10 Å². The second kappa shape index (κ2) is 6.60. The molecule has 0 aromatic heterocycles. The molecule has 3 rings (SSSR count). The summed E-state index contributed by atoms with van der Waals surface area (Å²) in [7, 11) is 0. The van der Waals surface area contributed by atoms with Gasteiger partial charge in [0, 0.05) is 5.56 Å². The van der Waals surface area contributed by atoms with E-state index in [1.807, 2.05) is 38.1 Å². The minimum atomic E-state index is -0.794. The van der Waals surface area contributed by atoms with Crippen molar-refractivity contribution in [1.82, 2.24) is 0 Å². The lowest BCUT2D eigenvalue weighted by Gasteiger charge is -2.14. The van der Waals surface area contributed by atoms with Crippen molar-refractivity contribution in [1.29, 1.82) is 0 Å². The Morgan fingerprint density at radius 3 is 2.29 bits per heavy atom. The van der Waals surface area contributed by atoms with Crippen LogP contribution in [0.25, 0.3) is 0 Å². The molecular weight excluding hydrogens is 300 g/mol. The van der Waals surface area contributed by atoms with Crippen LogP contribution in [0.2, 0.25) is 0 Å². The highest BCUT2D eigenvalue weighted by Crippen LogP contribution is 2.23. The highest BCUT2D eigenvalue weighted by Gasteiger charge is 2.22. The van der Waals surface area contributed by atoms with E-state index in [1.54, 1.807) is 19.1 Å². The number of esters is 1. The van der Waals surface area contributed by atoms with Crippen LogP contribution in [-0.2, 0) is 17.6 Å². The molecule has 3 nitrogen and oxygen atoms in total. The van der Waals surface area contributed by atoms with Crippen molar-refractivity contribution in [3.63, 3.8) is 0 Å². The molecule has 3 heteroatoms. The zero-order valence-corrected chi connectivity index (χ0v) is 14.4. The van der Waals surface area contributed by atoms with Gasteiger partial charge in [-0.1, -0.05) is 29.3 Å². The van der Waals surface area contributed by atoms with Crippen LogP contribution in [-0.4, -0.2) is 17.9 Å². The Hall–Kier alpha value is -2.42. The summed E-state index contributed by atoms with van der Waals surface area (Å²) in [6, 6.07) is 11.4. The van der Waals surface area contributed by atoms with E-state index in [2.05, 4.69) is 0 Å². The van der Waals surface area contributed by atoms with E-state index < -0.39 is 12.1 Å². The molecule has 0 heterocycles. The van der Waals surface area contributed by atoms with E-state index in [9.17, 15) is 9.59 Å². The van der Waals surface area contributed by atoms with Crippen LogP contribution in [0.3, 0.4) is 0 Å². The second-order valence-corrected chi connectivity index (χ2v) is 6.63. The minimum Gasteiger partial charge on any atom is -0.451 e. The number of fused-ring (bicyclic) bond motifs is 1. The molecule has 0 spiro atoms. The van der Waals surface area contributed by atoms with Crippen LogP contribution < -0.4 is 0 Å². The molecule has 0 saturated heterocycles. The number of carbonyl (C=O) groups excluding carboxylic acids is 2. The third kappa shape index (κ3) is 3.40. The molecule has 2 aromatic carbocycles. The third-order valence-electron chi connectivity index (χ3n) is 4.49. The largest absolute Gasteiger partial charge is 0.451 e. The number of rotatable bonds is 4. The molecule has 0 amide bonds. The van der Waals surface area contributed by atoms with E-state index in [-0.39, 0.29) is 5.78 Å². The van der Waals surface area contributed by atoms with E-state index >= 15 is 0 Å². The predicted molar refractivity (Wildman–Crippen MR) is 93.6 cm³/mol. The van der Waals surface area contributed by atoms with Crippen LogP contribution in [0.4, 0.5) is 0 Å². The molecule has 0 unspecified atom stereocenters. The lowest BCUT2D eigenvalue weighted by molar-refractivity contribution is 0.0318. The van der Waals surface area contributed by atoms with E-state index in [0.29, 0.717) is 11.1 Å². The first-order valence-corrected chi connectivity index (χ1v) is 8.39. The summed E-state index contributed by atoms with van der Waals surface area (Å²) in [4.78, 5) is 24.9. The van der Waals surface area contributed by atoms with Crippen LogP contribution in [0.15, 0.2) is 36.4 Å². The van der Waals surface area contributed by atoms with Crippen LogP contribution in [0.1, 0.15) is 56.3 Å². The highest BCUT2D eigenvalue weighted by molar-refractivity contribution is 6.01. The van der Waals surface area contributed by atoms with Crippen LogP contribution in [0, 0.1) is 13.8 Å². The first-order valence-electron chi connectivity index (χ1n) is 8.39. The zero-order valence-electron chi connectivity index (χ0n) is 14.4. The molecule has 1 aliphatic carbocycles. The predicted octanol–water partition coefficient (Wildman–Crippen LogP) is 4.22. The molecule has 2 aromatic rings. The summed E-state index contributed by atoms with van der Waals surface area (Å²) in [5.74, 6) is -0.605. The van der Waals surface area contributed by atoms with Crippen molar-refractivity contribution in [2.45, 2.75) is 46.1 Å². The lowest BCUT2D eigenvalue weighted by Crippen LogP contribution is -2.24. The quantitative estimate of drug-likeness (QED) is 0.625. The number of hydrogen-bond acceptors (Lipinski definition) is 3. The number of ether oxygens (including phenoxy) is 1. The van der Waals surface area contributed by atoms with Gasteiger partial charge in [-0.3, -0.25) is 4.79 Å². The summed E-state index contributed by atoms with van der Waals surface area (Å²) in [5.41, 5.74) is 5.68. The summed E-state index contributed by atoms with van der Waals surface area (Å²) >= 11 is 0. The fraction of sp³-hybridized carbons (Fsp3) is 0.333. The average Bonchev–Trinajstić information content (AvgIpc) is 3.00. The van der Waals surface area contributed by atoms with Gasteiger partial charge in [0.1, 0.15) is 0 Å². The molecule has 0 saturated carbocycles. The molecule has 0 N–H and O–H groups in total. The summed E-state index contributed by atoms with van der Waals surface area (Å²) in [5, 5.41) is 0. The van der Waals surface area contributed by atoms with Gasteiger partial charge in [-0.15, -0.1) is 0 Å². The van der Waals surface area contributed by atoms with Crippen LogP contribution in [0.5, 0.6) is 0 Å². The third-order valence-corrected chi connectivity index (χ3v) is 4.49. The van der Waals surface area contributed by atoms with Gasteiger partial charge in [-0.05, 0) is 69.4 Å². The normalized spacial score (nSPS) is 14.1. The first-order chi connectivity index (χ1) is 11.4. The van der Waals surface area contributed by atoms with Crippen molar-refractivity contribution in [2.24, 2.45) is 0 Å². The molecule has 1 atom stereocenters. The van der Waals surface area contributed by atoms with Crippen molar-refractivity contribution in [3.05, 3.63) is 69.8 Å². The number of Topliss-reactive ketones (excluding diaryl/α,β-unsaturated/α-hetero) is 1. The Labute approximate surface area is 142 Å². The van der Waals surface area contributed by atoms with Gasteiger partial charge < -0.3 is 4.74 Å². The summed E-state index contributed by atoms with van der Waals surface area (Å²) < 4.78 is 5.39. The topological polar surface area (TPSA) is 43.4 Å². The second-order valence-electron chi connectivity index (χ2n) is 6.63. The number of carbonyl (C=O) groups is 2. The molecule has 0 aliphatic heterocycles. The Balaban J connectivity index is 1.73. The molecule has 24 heavy (non-hydrogen) atoms. The Morgan fingerprint density at radius 1 is 0.917 bits per heavy atom. The van der Waals surface area contributed by atoms with Crippen molar-refractivity contribution in [3.8, 4) is 0 Å². The molecule has 124 valence electrons. The Bertz CT molecular complexity index is 784. The summed E-state index contributed by atoms with van der Waals surface area (Å²) in [6.45, 7) is 5.50. The van der Waals surface area contributed by atoms with Gasteiger partial charge in [0.25, 0.3) is 0 Å². The lowest BCUT2D eigenvalue weighted by atomic mass is 10.0. The Kier molecular flexibility index (Phi) is 4.52. The minimum absolute atomic E-state index is 0.151. The molecule has 0 radical (unpaired) electrons. The maximum atomic E-state index is 12.6. The van der Waals surface area contributed by atoms with Gasteiger partial charge in [0.2, 0.25) is 5.78 Å². The maximum absolute atomic E-state index is 12.6. The Morgan fingerprint density at radius 2 is 1.58 bits per heavy atom. The van der Waals surface area contributed by atoms with Crippen LogP contribution >= 0.6 is 0 Å². The molecule has 1 aliphatic rings. The smallest absolute Gasteiger partial charge is 0.338 e. The van der Waals surface area contributed by atoms with Gasteiger partial charge in [-0.2, -0.15) is 0 Å². The fourth-order valence-corrected chi connectivity index (χ4v) is 3.33. The standard InChI is InChI=1S/C21H22O3/c1-13-9-14(2)11-19(10-13)21(23)24-15(3)20(22)18-8-7-16-5-4-6-17(16)12-18/h7-12,15H,4-6H2,1-3H3/t15-/m1/s1. The average molecular weight is 322 g/mol. The SMILES string of the molecule is Cc1cc(C)cc(C(=O)O[C@H](C)C(=O)c2ccc3c(c2)CCC3)c1. The van der Waals surface area contributed by atoms with Crippen molar-refractivity contribution >= 4 is 11.8 Å². The monoisotopic (exact) mass is 322 g/mol. The van der Waals surface area contributed by atoms with E-state index in [1.165, 1.54) is 11.1 Å². The summed E-state index contributed by atoms with van der Waals surface area (Å²) in [6.07, 6.45) is 2.45. The molecular formula is C21H22O3. The van der Waals surface area contributed by atoms with Crippen molar-refractivity contribution < 1.29 is 14.3 Å². The van der Waals surface area contributed by atoms with E-state index in [0.717, 1.165) is 30.4 Å². The zero-order chi connectivity index (χ0) is 17.3. The number of aryl methyl sites for hydroxylation is 4. The van der Waals surface area contributed by atoms with Crippen molar-refractivity contribution in [2.75, 3.05) is 0 Å². The van der Waals surface area contributed by atoms with Gasteiger partial charge in [-0.25, -0.2) is 4.79 Å². The number of ketones is 1. The van der Waals surface area contributed by atoms with Gasteiger partial charge >= 0.3 is 5.97 Å². The molecule has 0 fully saturated rings. The fourth-order valence-electron chi connectivity index (χ4n) is 3.33. The number of benzene rings is 2. The number of hydrogen-bond donors (Lipinski definition) is 0. The maximum Gasteiger partial charge on any atom is 0.338 e. The van der Waals surface area contributed by atoms with E-state index in [4.69, 9.17) is 4.74 Å². The van der Waals surface area contributed by atoms with Gasteiger partial charge in [0.05, 0.1) is 5.56 Å². The first kappa shape index (κ1) is 16.4. The highest BCUT2D eigenvalue weighted by atomic mass is 16.5.